The molecule has 0 aliphatic heterocycles. The van der Waals surface area contributed by atoms with Gasteiger partial charge < -0.3 is 5.32 Å². The van der Waals surface area contributed by atoms with Gasteiger partial charge in [-0.3, -0.25) is 4.68 Å². The lowest BCUT2D eigenvalue weighted by molar-refractivity contribution is 0.549. The topological polar surface area (TPSA) is 60.6 Å². The van der Waals surface area contributed by atoms with Crippen LogP contribution in [0.3, 0.4) is 0 Å². The Hall–Kier alpha value is -1.69. The average Bonchev–Trinajstić information content (AvgIpc) is 2.96. The van der Waals surface area contributed by atoms with Crippen molar-refractivity contribution in [3.05, 3.63) is 30.1 Å². The molecule has 2 rings (SSSR count). The fourth-order valence-corrected chi connectivity index (χ4v) is 1.71. The molecule has 0 spiro atoms. The smallest absolute Gasteiger partial charge is 0.148 e. The minimum Gasteiger partial charge on any atom is -0.309 e. The molecule has 0 saturated carbocycles. The molecule has 2 aromatic heterocycles. The van der Waals surface area contributed by atoms with Crippen molar-refractivity contribution in [1.82, 2.24) is 29.9 Å². The summed E-state index contributed by atoms with van der Waals surface area (Å²) in [5.41, 5.74) is 1.05. The van der Waals surface area contributed by atoms with Gasteiger partial charge in [-0.05, 0) is 13.0 Å². The predicted octanol–water partition coefficient (Wildman–Crippen LogP) is 1.04. The van der Waals surface area contributed by atoms with Gasteiger partial charge in [0, 0.05) is 25.3 Å². The van der Waals surface area contributed by atoms with Crippen LogP contribution in [0, 0.1) is 0 Å². The summed E-state index contributed by atoms with van der Waals surface area (Å²) >= 11 is 0. The van der Waals surface area contributed by atoms with E-state index in [1.807, 2.05) is 21.6 Å². The molecule has 1 N–H and O–H groups in total. The molecular formula is C12H20N6. The Morgan fingerprint density at radius 2 is 2.22 bits per heavy atom. The number of nitrogens with zero attached hydrogens (tertiary/aromatic N) is 5. The zero-order valence-corrected chi connectivity index (χ0v) is 11.2. The monoisotopic (exact) mass is 248 g/mol. The number of hydrogen-bond donors (Lipinski definition) is 1. The minimum absolute atomic E-state index is 0.471. The van der Waals surface area contributed by atoms with Gasteiger partial charge in [0.2, 0.25) is 0 Å². The van der Waals surface area contributed by atoms with Crippen molar-refractivity contribution in [3.8, 4) is 0 Å². The van der Waals surface area contributed by atoms with Gasteiger partial charge in [0.1, 0.15) is 18.7 Å². The first-order chi connectivity index (χ1) is 8.69. The van der Waals surface area contributed by atoms with Crippen molar-refractivity contribution < 1.29 is 0 Å². The largest absolute Gasteiger partial charge is 0.309 e. The highest BCUT2D eigenvalue weighted by Crippen LogP contribution is 2.01. The first kappa shape index (κ1) is 12.8. The molecule has 6 nitrogen and oxygen atoms in total. The third-order valence-corrected chi connectivity index (χ3v) is 2.69. The third kappa shape index (κ3) is 3.16. The standard InChI is InChI=1S/C12H20N6/c1-4-18-12(14-9-15-18)8-17-6-5-11(16-17)7-13-10(2)3/h5-6,9-10,13H,4,7-8H2,1-3H3. The highest BCUT2D eigenvalue weighted by Gasteiger charge is 2.05. The van der Waals surface area contributed by atoms with E-state index in [2.05, 4.69) is 41.3 Å². The van der Waals surface area contributed by atoms with Gasteiger partial charge in [-0.25, -0.2) is 9.67 Å². The number of aromatic nitrogens is 5. The molecule has 2 aromatic rings. The zero-order chi connectivity index (χ0) is 13.0. The molecule has 0 fully saturated rings. The fourth-order valence-electron chi connectivity index (χ4n) is 1.71. The van der Waals surface area contributed by atoms with Crippen LogP contribution in [0.15, 0.2) is 18.6 Å². The lowest BCUT2D eigenvalue weighted by Crippen LogP contribution is -2.22. The van der Waals surface area contributed by atoms with E-state index in [1.54, 1.807) is 6.33 Å². The van der Waals surface area contributed by atoms with Crippen LogP contribution < -0.4 is 5.32 Å². The van der Waals surface area contributed by atoms with Crippen LogP contribution >= 0.6 is 0 Å². The Balaban J connectivity index is 1.98. The Labute approximate surface area is 107 Å². The second-order valence-corrected chi connectivity index (χ2v) is 4.53. The lowest BCUT2D eigenvalue weighted by Gasteiger charge is -2.05. The maximum atomic E-state index is 4.51. The first-order valence-electron chi connectivity index (χ1n) is 6.31. The molecule has 98 valence electrons. The highest BCUT2D eigenvalue weighted by atomic mass is 15.4. The molecular weight excluding hydrogens is 228 g/mol. The van der Waals surface area contributed by atoms with Crippen LogP contribution in [0.5, 0.6) is 0 Å². The second-order valence-electron chi connectivity index (χ2n) is 4.53. The number of aryl methyl sites for hydroxylation is 1. The van der Waals surface area contributed by atoms with Crippen LogP contribution in [0.4, 0.5) is 0 Å². The van der Waals surface area contributed by atoms with E-state index in [-0.39, 0.29) is 0 Å². The van der Waals surface area contributed by atoms with Crippen LogP contribution in [-0.4, -0.2) is 30.6 Å². The third-order valence-electron chi connectivity index (χ3n) is 2.69. The summed E-state index contributed by atoms with van der Waals surface area (Å²) in [6.45, 7) is 8.60. The van der Waals surface area contributed by atoms with E-state index in [0.29, 0.717) is 12.6 Å². The first-order valence-corrected chi connectivity index (χ1v) is 6.31. The molecule has 0 aliphatic rings. The molecule has 0 aromatic carbocycles. The Kier molecular flexibility index (Phi) is 4.09. The number of rotatable bonds is 6. The lowest BCUT2D eigenvalue weighted by atomic mass is 10.3. The number of nitrogens with one attached hydrogen (secondary N) is 1. The van der Waals surface area contributed by atoms with E-state index in [4.69, 9.17) is 0 Å². The summed E-state index contributed by atoms with van der Waals surface area (Å²) < 4.78 is 3.78. The fraction of sp³-hybridized carbons (Fsp3) is 0.583. The van der Waals surface area contributed by atoms with E-state index in [9.17, 15) is 0 Å². The maximum Gasteiger partial charge on any atom is 0.148 e. The molecule has 18 heavy (non-hydrogen) atoms. The second kappa shape index (κ2) is 5.77. The highest BCUT2D eigenvalue weighted by molar-refractivity contribution is 5.00. The van der Waals surface area contributed by atoms with Gasteiger partial charge in [0.25, 0.3) is 0 Å². The van der Waals surface area contributed by atoms with E-state index in [1.165, 1.54) is 0 Å². The van der Waals surface area contributed by atoms with Gasteiger partial charge in [-0.2, -0.15) is 10.2 Å². The van der Waals surface area contributed by atoms with Gasteiger partial charge >= 0.3 is 0 Å². The molecule has 2 heterocycles. The van der Waals surface area contributed by atoms with E-state index < -0.39 is 0 Å². The SMILES string of the molecule is CCn1ncnc1Cn1ccc(CNC(C)C)n1. The Bertz CT molecular complexity index is 484. The summed E-state index contributed by atoms with van der Waals surface area (Å²) in [7, 11) is 0. The zero-order valence-electron chi connectivity index (χ0n) is 11.2. The summed E-state index contributed by atoms with van der Waals surface area (Å²) in [6.07, 6.45) is 3.57. The average molecular weight is 248 g/mol. The van der Waals surface area contributed by atoms with Crippen LogP contribution in [-0.2, 0) is 19.6 Å². The van der Waals surface area contributed by atoms with E-state index in [0.717, 1.165) is 24.6 Å². The van der Waals surface area contributed by atoms with Crippen LogP contribution in [0.25, 0.3) is 0 Å². The summed E-state index contributed by atoms with van der Waals surface area (Å²) in [5, 5.41) is 12.0. The minimum atomic E-state index is 0.471. The van der Waals surface area contributed by atoms with Crippen molar-refractivity contribution in [2.45, 2.75) is 46.4 Å². The molecule has 0 radical (unpaired) electrons. The van der Waals surface area contributed by atoms with Crippen molar-refractivity contribution in [1.29, 1.82) is 0 Å². The molecule has 0 saturated heterocycles. The van der Waals surface area contributed by atoms with Crippen molar-refractivity contribution in [2.75, 3.05) is 0 Å². The van der Waals surface area contributed by atoms with E-state index >= 15 is 0 Å². The van der Waals surface area contributed by atoms with Crippen molar-refractivity contribution in [2.24, 2.45) is 0 Å². The Morgan fingerprint density at radius 1 is 1.39 bits per heavy atom. The van der Waals surface area contributed by atoms with Gasteiger partial charge in [0.05, 0.1) is 5.69 Å². The van der Waals surface area contributed by atoms with Crippen molar-refractivity contribution >= 4 is 0 Å². The molecule has 0 bridgehead atoms. The van der Waals surface area contributed by atoms with Gasteiger partial charge in [-0.15, -0.1) is 0 Å². The maximum absolute atomic E-state index is 4.51. The molecule has 0 unspecified atom stereocenters. The molecule has 6 heteroatoms. The summed E-state index contributed by atoms with van der Waals surface area (Å²) in [6, 6.07) is 2.50. The van der Waals surface area contributed by atoms with Gasteiger partial charge in [-0.1, -0.05) is 13.8 Å². The van der Waals surface area contributed by atoms with Crippen LogP contribution in [0.1, 0.15) is 32.3 Å². The van der Waals surface area contributed by atoms with Crippen LogP contribution in [0.2, 0.25) is 0 Å². The summed E-state index contributed by atoms with van der Waals surface area (Å²) in [5.74, 6) is 0.934. The predicted molar refractivity (Wildman–Crippen MR) is 69.0 cm³/mol. The van der Waals surface area contributed by atoms with Gasteiger partial charge in [0.15, 0.2) is 0 Å². The van der Waals surface area contributed by atoms with Crippen molar-refractivity contribution in [3.63, 3.8) is 0 Å². The Morgan fingerprint density at radius 3 is 2.94 bits per heavy atom. The molecule has 0 aliphatic carbocycles. The molecule has 0 atom stereocenters. The quantitative estimate of drug-likeness (QED) is 0.830. The summed E-state index contributed by atoms with van der Waals surface area (Å²) in [4.78, 5) is 4.24. The normalized spacial score (nSPS) is 11.3. The molecule has 0 amide bonds. The number of hydrogen-bond acceptors (Lipinski definition) is 4.